The summed E-state index contributed by atoms with van der Waals surface area (Å²) in [5.74, 6) is 1.40. The van der Waals surface area contributed by atoms with Gasteiger partial charge in [-0.25, -0.2) is 0 Å². The van der Waals surface area contributed by atoms with E-state index in [-0.39, 0.29) is 23.8 Å². The normalized spacial score (nSPS) is 11.9. The predicted octanol–water partition coefficient (Wildman–Crippen LogP) is 1.88. The molecule has 1 aromatic heterocycles. The molecule has 0 saturated heterocycles. The van der Waals surface area contributed by atoms with Gasteiger partial charge in [0, 0.05) is 18.7 Å². The van der Waals surface area contributed by atoms with Crippen molar-refractivity contribution in [2.24, 2.45) is 0 Å². The summed E-state index contributed by atoms with van der Waals surface area (Å²) in [6.07, 6.45) is 1.45. The van der Waals surface area contributed by atoms with Crippen LogP contribution in [0.25, 0.3) is 0 Å². The molecule has 0 radical (unpaired) electrons. The molecular formula is C20H21N3O4. The van der Waals surface area contributed by atoms with Crippen molar-refractivity contribution in [2.45, 2.75) is 33.1 Å². The number of nitrogens with zero attached hydrogens (tertiary/aromatic N) is 1. The van der Waals surface area contributed by atoms with E-state index in [1.54, 1.807) is 13.8 Å². The van der Waals surface area contributed by atoms with Crippen LogP contribution in [0.15, 0.2) is 23.0 Å². The fourth-order valence-corrected chi connectivity index (χ4v) is 3.19. The van der Waals surface area contributed by atoms with Crippen molar-refractivity contribution in [1.29, 1.82) is 5.26 Å². The fourth-order valence-electron chi connectivity index (χ4n) is 3.19. The van der Waals surface area contributed by atoms with Crippen LogP contribution in [0, 0.1) is 25.2 Å². The maximum atomic E-state index is 12.1. The van der Waals surface area contributed by atoms with E-state index in [0.717, 1.165) is 22.6 Å². The van der Waals surface area contributed by atoms with Crippen molar-refractivity contribution in [1.82, 2.24) is 10.3 Å². The Kier molecular flexibility index (Phi) is 5.46. The Balaban J connectivity index is 1.52. The van der Waals surface area contributed by atoms with E-state index in [1.165, 1.54) is 0 Å². The van der Waals surface area contributed by atoms with Crippen LogP contribution < -0.4 is 20.3 Å². The number of rotatable bonds is 6. The number of fused-ring (bicyclic) bond motifs is 1. The largest absolute Gasteiger partial charge is 0.454 e. The van der Waals surface area contributed by atoms with E-state index in [4.69, 9.17) is 14.7 Å². The Morgan fingerprint density at radius 1 is 1.26 bits per heavy atom. The number of benzene rings is 1. The Morgan fingerprint density at radius 3 is 2.81 bits per heavy atom. The third-order valence-electron chi connectivity index (χ3n) is 4.70. The van der Waals surface area contributed by atoms with Gasteiger partial charge in [-0.3, -0.25) is 9.59 Å². The zero-order chi connectivity index (χ0) is 19.4. The summed E-state index contributed by atoms with van der Waals surface area (Å²) in [6, 6.07) is 7.67. The minimum absolute atomic E-state index is 0.0701. The smallest absolute Gasteiger partial charge is 0.266 e. The third kappa shape index (κ3) is 4.11. The lowest BCUT2D eigenvalue weighted by Gasteiger charge is -2.11. The van der Waals surface area contributed by atoms with Crippen LogP contribution in [0.2, 0.25) is 0 Å². The fraction of sp³-hybridized carbons (Fsp3) is 0.350. The van der Waals surface area contributed by atoms with Gasteiger partial charge in [-0.05, 0) is 55.5 Å². The van der Waals surface area contributed by atoms with Gasteiger partial charge >= 0.3 is 0 Å². The number of aromatic amines is 1. The Labute approximate surface area is 156 Å². The van der Waals surface area contributed by atoms with Gasteiger partial charge in [-0.2, -0.15) is 5.26 Å². The topological polar surface area (TPSA) is 104 Å². The number of carbonyl (C=O) groups excluding carboxylic acids is 1. The van der Waals surface area contributed by atoms with E-state index in [9.17, 15) is 9.59 Å². The lowest BCUT2D eigenvalue weighted by Crippen LogP contribution is -2.26. The van der Waals surface area contributed by atoms with Crippen molar-refractivity contribution < 1.29 is 14.3 Å². The maximum Gasteiger partial charge on any atom is 0.266 e. The molecule has 1 aliphatic heterocycles. The average molecular weight is 367 g/mol. The van der Waals surface area contributed by atoms with Crippen LogP contribution in [0.3, 0.4) is 0 Å². The van der Waals surface area contributed by atoms with Gasteiger partial charge in [0.15, 0.2) is 11.5 Å². The molecule has 0 aliphatic carbocycles. The van der Waals surface area contributed by atoms with Crippen molar-refractivity contribution in [3.05, 3.63) is 56.5 Å². The summed E-state index contributed by atoms with van der Waals surface area (Å²) in [5, 5.41) is 12.0. The van der Waals surface area contributed by atoms with E-state index in [1.807, 2.05) is 24.3 Å². The molecule has 0 bridgehead atoms. The average Bonchev–Trinajstić information content (AvgIpc) is 3.09. The zero-order valence-corrected chi connectivity index (χ0v) is 15.3. The summed E-state index contributed by atoms with van der Waals surface area (Å²) in [4.78, 5) is 26.6. The van der Waals surface area contributed by atoms with Gasteiger partial charge in [0.2, 0.25) is 12.7 Å². The number of nitriles is 1. The minimum atomic E-state index is -0.385. The second kappa shape index (κ2) is 7.96. The van der Waals surface area contributed by atoms with Crippen LogP contribution in [0.1, 0.15) is 34.4 Å². The molecule has 0 unspecified atom stereocenters. The summed E-state index contributed by atoms with van der Waals surface area (Å²) in [5.41, 5.74) is 2.97. The first kappa shape index (κ1) is 18.5. The first-order valence-electron chi connectivity index (χ1n) is 8.77. The van der Waals surface area contributed by atoms with E-state index < -0.39 is 0 Å². The summed E-state index contributed by atoms with van der Waals surface area (Å²) in [7, 11) is 0. The van der Waals surface area contributed by atoms with Crippen molar-refractivity contribution in [3.63, 3.8) is 0 Å². The standard InChI is InChI=1S/C20H21N3O4/c1-12-15(13(2)23-20(25)16(12)10-21)4-6-19(24)22-8-7-14-3-5-17-18(9-14)27-11-26-17/h3,5,9H,4,6-8,11H2,1-2H3,(H,22,24)(H,23,25). The summed E-state index contributed by atoms with van der Waals surface area (Å²) in [6.45, 7) is 4.29. The molecule has 1 aromatic carbocycles. The Morgan fingerprint density at radius 2 is 2.04 bits per heavy atom. The molecule has 2 heterocycles. The molecule has 3 rings (SSSR count). The highest BCUT2D eigenvalue weighted by Crippen LogP contribution is 2.32. The molecule has 0 spiro atoms. The second-order valence-corrected chi connectivity index (χ2v) is 6.46. The highest BCUT2D eigenvalue weighted by Gasteiger charge is 2.14. The molecular weight excluding hydrogens is 346 g/mol. The number of amides is 1. The van der Waals surface area contributed by atoms with Gasteiger partial charge in [0.05, 0.1) is 0 Å². The molecule has 7 nitrogen and oxygen atoms in total. The predicted molar refractivity (Wildman–Crippen MR) is 98.9 cm³/mol. The monoisotopic (exact) mass is 367 g/mol. The van der Waals surface area contributed by atoms with E-state index >= 15 is 0 Å². The summed E-state index contributed by atoms with van der Waals surface area (Å²) < 4.78 is 10.6. The van der Waals surface area contributed by atoms with Crippen LogP contribution in [0.4, 0.5) is 0 Å². The quantitative estimate of drug-likeness (QED) is 0.811. The molecule has 0 fully saturated rings. The lowest BCUT2D eigenvalue weighted by molar-refractivity contribution is -0.121. The SMILES string of the molecule is Cc1[nH]c(=O)c(C#N)c(C)c1CCC(=O)NCCc1ccc2c(c1)OCO2. The number of H-pyrrole nitrogens is 1. The Hall–Kier alpha value is -3.27. The highest BCUT2D eigenvalue weighted by atomic mass is 16.7. The number of carbonyl (C=O) groups is 1. The molecule has 7 heteroatoms. The lowest BCUT2D eigenvalue weighted by atomic mass is 9.99. The first-order chi connectivity index (χ1) is 13.0. The number of aromatic nitrogens is 1. The Bertz CT molecular complexity index is 972. The molecule has 0 atom stereocenters. The maximum absolute atomic E-state index is 12.1. The minimum Gasteiger partial charge on any atom is -0.454 e. The first-order valence-corrected chi connectivity index (χ1v) is 8.77. The van der Waals surface area contributed by atoms with Crippen LogP contribution in [-0.2, 0) is 17.6 Å². The highest BCUT2D eigenvalue weighted by molar-refractivity contribution is 5.76. The van der Waals surface area contributed by atoms with Gasteiger partial charge in [-0.1, -0.05) is 6.07 Å². The van der Waals surface area contributed by atoms with Crippen LogP contribution >= 0.6 is 0 Å². The van der Waals surface area contributed by atoms with Gasteiger partial charge in [0.25, 0.3) is 5.56 Å². The zero-order valence-electron chi connectivity index (χ0n) is 15.3. The molecule has 27 heavy (non-hydrogen) atoms. The van der Waals surface area contributed by atoms with E-state index in [0.29, 0.717) is 37.1 Å². The van der Waals surface area contributed by atoms with Gasteiger partial charge in [0.1, 0.15) is 11.6 Å². The van der Waals surface area contributed by atoms with Crippen LogP contribution in [0.5, 0.6) is 11.5 Å². The number of ether oxygens (including phenoxy) is 2. The molecule has 1 aliphatic rings. The molecule has 0 saturated carbocycles. The molecule has 140 valence electrons. The number of hydrogen-bond donors (Lipinski definition) is 2. The molecule has 1 amide bonds. The van der Waals surface area contributed by atoms with Crippen molar-refractivity contribution in [2.75, 3.05) is 13.3 Å². The summed E-state index contributed by atoms with van der Waals surface area (Å²) >= 11 is 0. The van der Waals surface area contributed by atoms with Gasteiger partial charge < -0.3 is 19.8 Å². The van der Waals surface area contributed by atoms with Crippen molar-refractivity contribution >= 4 is 5.91 Å². The molecule has 2 N–H and O–H groups in total. The third-order valence-corrected chi connectivity index (χ3v) is 4.70. The number of pyridine rings is 1. The number of aryl methyl sites for hydroxylation is 1. The van der Waals surface area contributed by atoms with Crippen LogP contribution in [-0.4, -0.2) is 24.2 Å². The second-order valence-electron chi connectivity index (χ2n) is 6.46. The van der Waals surface area contributed by atoms with Gasteiger partial charge in [-0.15, -0.1) is 0 Å². The molecule has 2 aromatic rings. The van der Waals surface area contributed by atoms with E-state index in [2.05, 4.69) is 10.3 Å². The number of hydrogen-bond acceptors (Lipinski definition) is 5. The number of nitrogens with one attached hydrogen (secondary N) is 2. The van der Waals surface area contributed by atoms with Crippen molar-refractivity contribution in [3.8, 4) is 17.6 Å².